The second-order valence-corrected chi connectivity index (χ2v) is 4.08. The van der Waals surface area contributed by atoms with Crippen molar-refractivity contribution < 1.29 is 0 Å². The van der Waals surface area contributed by atoms with Gasteiger partial charge in [0.2, 0.25) is 0 Å². The molecule has 2 rings (SSSR count). The Kier molecular flexibility index (Phi) is 3.83. The van der Waals surface area contributed by atoms with E-state index in [1.54, 1.807) is 12.4 Å². The van der Waals surface area contributed by atoms with Gasteiger partial charge in [0.25, 0.3) is 0 Å². The summed E-state index contributed by atoms with van der Waals surface area (Å²) in [7, 11) is 0. The minimum Gasteiger partial charge on any atom is -0.265 e. The molecule has 86 valence electrons. The Hall–Kier alpha value is -1.74. The number of halogens is 1. The summed E-state index contributed by atoms with van der Waals surface area (Å²) in [5.74, 6) is 0. The Morgan fingerprint density at radius 1 is 1.06 bits per heavy atom. The summed E-state index contributed by atoms with van der Waals surface area (Å²) in [6.07, 6.45) is 3.37. The van der Waals surface area contributed by atoms with Crippen molar-refractivity contribution in [3.8, 4) is 0 Å². The number of benzene rings is 1. The number of aromatic nitrogens is 1. The molecule has 1 atom stereocenters. The maximum atomic E-state index is 6.10. The maximum Gasteiger partial charge on any atom is 0.170 e. The molecule has 0 bridgehead atoms. The molecule has 0 saturated heterocycles. The largest absolute Gasteiger partial charge is 0.265 e. The van der Waals surface area contributed by atoms with Gasteiger partial charge in [-0.25, -0.2) is 0 Å². The molecule has 1 heterocycles. The van der Waals surface area contributed by atoms with E-state index in [-0.39, 0.29) is 0 Å². The third-order valence-corrected chi connectivity index (χ3v) is 2.63. The van der Waals surface area contributed by atoms with Crippen LogP contribution in [0.1, 0.15) is 16.6 Å². The fourth-order valence-corrected chi connectivity index (χ4v) is 1.51. The first kappa shape index (κ1) is 11.7. The molecular weight excluding hydrogens is 234 g/mol. The number of rotatable bonds is 3. The second kappa shape index (κ2) is 5.55. The Balaban J connectivity index is 2.08. The Morgan fingerprint density at radius 3 is 2.35 bits per heavy atom. The van der Waals surface area contributed by atoms with E-state index in [0.717, 1.165) is 11.3 Å². The predicted molar refractivity (Wildman–Crippen MR) is 68.5 cm³/mol. The van der Waals surface area contributed by atoms with Gasteiger partial charge < -0.3 is 0 Å². The van der Waals surface area contributed by atoms with Gasteiger partial charge in [-0.2, -0.15) is 10.2 Å². The van der Waals surface area contributed by atoms with Crippen molar-refractivity contribution in [2.75, 3.05) is 0 Å². The van der Waals surface area contributed by atoms with Gasteiger partial charge in [0.05, 0.1) is 5.69 Å². The highest BCUT2D eigenvalue weighted by Crippen LogP contribution is 2.23. The molecule has 17 heavy (non-hydrogen) atoms. The van der Waals surface area contributed by atoms with Crippen molar-refractivity contribution in [2.24, 2.45) is 10.2 Å². The fraction of sp³-hybridized carbons (Fsp3) is 0.154. The number of pyridine rings is 1. The van der Waals surface area contributed by atoms with Crippen molar-refractivity contribution in [1.29, 1.82) is 0 Å². The van der Waals surface area contributed by atoms with Crippen LogP contribution in [0, 0.1) is 6.92 Å². The summed E-state index contributed by atoms with van der Waals surface area (Å²) < 4.78 is 0. The summed E-state index contributed by atoms with van der Waals surface area (Å²) in [5, 5.41) is 8.15. The zero-order valence-corrected chi connectivity index (χ0v) is 10.2. The lowest BCUT2D eigenvalue weighted by Gasteiger charge is -2.01. The van der Waals surface area contributed by atoms with Gasteiger partial charge in [-0.15, -0.1) is 0 Å². The smallest absolute Gasteiger partial charge is 0.170 e. The first-order chi connectivity index (χ1) is 8.25. The second-order valence-electron chi connectivity index (χ2n) is 3.67. The van der Waals surface area contributed by atoms with E-state index in [1.807, 2.05) is 43.3 Å². The van der Waals surface area contributed by atoms with Gasteiger partial charge in [-0.05, 0) is 36.8 Å². The van der Waals surface area contributed by atoms with E-state index < -0.39 is 5.50 Å². The molecule has 0 radical (unpaired) electrons. The molecule has 0 aliphatic rings. The first-order valence-corrected chi connectivity index (χ1v) is 5.71. The third kappa shape index (κ3) is 3.36. The van der Waals surface area contributed by atoms with Crippen molar-refractivity contribution in [1.82, 2.24) is 4.98 Å². The van der Waals surface area contributed by atoms with Crippen LogP contribution in [-0.2, 0) is 0 Å². The number of hydrogen-bond acceptors (Lipinski definition) is 3. The lowest BCUT2D eigenvalue weighted by atomic mass is 10.2. The molecule has 0 spiro atoms. The van der Waals surface area contributed by atoms with Gasteiger partial charge >= 0.3 is 0 Å². The van der Waals surface area contributed by atoms with E-state index in [9.17, 15) is 0 Å². The summed E-state index contributed by atoms with van der Waals surface area (Å²) in [5.41, 5.74) is 2.41. The summed E-state index contributed by atoms with van der Waals surface area (Å²) in [6, 6.07) is 11.5. The number of hydrogen-bond donors (Lipinski definition) is 0. The Morgan fingerprint density at radius 2 is 1.71 bits per heavy atom. The standard InChI is InChI=1S/C13H12ClN3/c1-10-2-4-12(5-3-10)16-17-13(14)11-6-8-15-9-7-11/h2-9,13H,1H3. The maximum absolute atomic E-state index is 6.10. The number of alkyl halides is 1. The third-order valence-electron chi connectivity index (χ3n) is 2.29. The first-order valence-electron chi connectivity index (χ1n) is 5.27. The Bertz CT molecular complexity index is 494. The van der Waals surface area contributed by atoms with Crippen LogP contribution in [0.15, 0.2) is 59.0 Å². The lowest BCUT2D eigenvalue weighted by Crippen LogP contribution is -1.85. The lowest BCUT2D eigenvalue weighted by molar-refractivity contribution is 0.917. The molecule has 1 aromatic heterocycles. The molecule has 1 unspecified atom stereocenters. The molecule has 0 aliphatic heterocycles. The van der Waals surface area contributed by atoms with Crippen LogP contribution in [0.25, 0.3) is 0 Å². The summed E-state index contributed by atoms with van der Waals surface area (Å²) in [4.78, 5) is 3.92. The SMILES string of the molecule is Cc1ccc(N=NC(Cl)c2ccncc2)cc1. The van der Waals surface area contributed by atoms with Crippen LogP contribution in [0.5, 0.6) is 0 Å². The molecule has 0 saturated carbocycles. The van der Waals surface area contributed by atoms with Crippen molar-refractivity contribution in [3.05, 3.63) is 59.9 Å². The predicted octanol–water partition coefficient (Wildman–Crippen LogP) is 4.41. The molecule has 1 aromatic carbocycles. The molecular formula is C13H12ClN3. The summed E-state index contributed by atoms with van der Waals surface area (Å²) in [6.45, 7) is 2.03. The minimum absolute atomic E-state index is 0.473. The molecule has 3 nitrogen and oxygen atoms in total. The zero-order valence-electron chi connectivity index (χ0n) is 9.42. The molecule has 4 heteroatoms. The molecule has 0 amide bonds. The number of aryl methyl sites for hydroxylation is 1. The summed E-state index contributed by atoms with van der Waals surface area (Å²) >= 11 is 6.10. The van der Waals surface area contributed by atoms with Crippen LogP contribution < -0.4 is 0 Å². The minimum atomic E-state index is -0.473. The van der Waals surface area contributed by atoms with E-state index in [0.29, 0.717) is 0 Å². The highest BCUT2D eigenvalue weighted by molar-refractivity contribution is 6.20. The molecule has 0 N–H and O–H groups in total. The Labute approximate surface area is 105 Å². The van der Waals surface area contributed by atoms with E-state index >= 15 is 0 Å². The molecule has 0 aliphatic carbocycles. The van der Waals surface area contributed by atoms with Crippen molar-refractivity contribution >= 4 is 17.3 Å². The van der Waals surface area contributed by atoms with Gasteiger partial charge in [-0.3, -0.25) is 4.98 Å². The van der Waals surface area contributed by atoms with E-state index in [1.165, 1.54) is 5.56 Å². The molecule has 0 fully saturated rings. The van der Waals surface area contributed by atoms with Crippen LogP contribution in [0.4, 0.5) is 5.69 Å². The van der Waals surface area contributed by atoms with Gasteiger partial charge in [0, 0.05) is 12.4 Å². The van der Waals surface area contributed by atoms with E-state index in [2.05, 4.69) is 15.2 Å². The van der Waals surface area contributed by atoms with Gasteiger partial charge in [0.1, 0.15) is 0 Å². The van der Waals surface area contributed by atoms with Crippen molar-refractivity contribution in [3.63, 3.8) is 0 Å². The van der Waals surface area contributed by atoms with Crippen LogP contribution in [0.3, 0.4) is 0 Å². The zero-order chi connectivity index (χ0) is 12.1. The number of nitrogens with zero attached hydrogens (tertiary/aromatic N) is 3. The molecule has 2 aromatic rings. The quantitative estimate of drug-likeness (QED) is 0.448. The van der Waals surface area contributed by atoms with Gasteiger partial charge in [-0.1, -0.05) is 29.3 Å². The monoisotopic (exact) mass is 245 g/mol. The highest BCUT2D eigenvalue weighted by Gasteiger charge is 2.04. The van der Waals surface area contributed by atoms with Crippen molar-refractivity contribution in [2.45, 2.75) is 12.4 Å². The van der Waals surface area contributed by atoms with Crippen LogP contribution in [-0.4, -0.2) is 4.98 Å². The average molecular weight is 246 g/mol. The normalized spacial score (nSPS) is 12.8. The van der Waals surface area contributed by atoms with Gasteiger partial charge in [0.15, 0.2) is 5.50 Å². The number of azo groups is 1. The fourth-order valence-electron chi connectivity index (χ4n) is 1.32. The van der Waals surface area contributed by atoms with Crippen LogP contribution >= 0.6 is 11.6 Å². The topological polar surface area (TPSA) is 37.6 Å². The van der Waals surface area contributed by atoms with E-state index in [4.69, 9.17) is 11.6 Å². The van der Waals surface area contributed by atoms with Crippen LogP contribution in [0.2, 0.25) is 0 Å². The average Bonchev–Trinajstić information content (AvgIpc) is 2.39. The highest BCUT2D eigenvalue weighted by atomic mass is 35.5.